The molecule has 1 amide bonds. The van der Waals surface area contributed by atoms with Crippen molar-refractivity contribution in [2.24, 2.45) is 5.73 Å². The molecular weight excluding hydrogens is 466 g/mol. The summed E-state index contributed by atoms with van der Waals surface area (Å²) in [6.45, 7) is 1.79. The first-order chi connectivity index (χ1) is 18.0. The smallest absolute Gasteiger partial charge is 0.262 e. The number of hydrogen-bond acceptors (Lipinski definition) is 6. The first-order valence-electron chi connectivity index (χ1n) is 11.7. The van der Waals surface area contributed by atoms with Crippen molar-refractivity contribution in [2.75, 3.05) is 19.0 Å². The van der Waals surface area contributed by atoms with E-state index < -0.39 is 5.92 Å². The molecule has 7 heteroatoms. The molecule has 3 N–H and O–H groups in total. The van der Waals surface area contributed by atoms with Crippen LogP contribution in [0.15, 0.2) is 90.3 Å². The van der Waals surface area contributed by atoms with E-state index in [1.165, 1.54) is 7.11 Å². The fourth-order valence-electron chi connectivity index (χ4n) is 4.49. The number of nitrogens with one attached hydrogen (secondary N) is 1. The van der Waals surface area contributed by atoms with Crippen LogP contribution in [0.2, 0.25) is 0 Å². The molecule has 0 spiro atoms. The van der Waals surface area contributed by atoms with E-state index in [-0.39, 0.29) is 18.4 Å². The normalized spacial score (nSPS) is 14.4. The Bertz CT molecular complexity index is 1570. The quantitative estimate of drug-likeness (QED) is 0.374. The van der Waals surface area contributed by atoms with Crippen molar-refractivity contribution in [1.29, 1.82) is 5.26 Å². The number of aryl methyl sites for hydroxylation is 1. The molecule has 0 saturated heterocycles. The maximum Gasteiger partial charge on any atom is 0.262 e. The van der Waals surface area contributed by atoms with Gasteiger partial charge >= 0.3 is 0 Å². The Morgan fingerprint density at radius 2 is 1.84 bits per heavy atom. The van der Waals surface area contributed by atoms with Gasteiger partial charge in [0, 0.05) is 16.6 Å². The lowest BCUT2D eigenvalue weighted by atomic mass is 9.82. The average molecular weight is 492 g/mol. The van der Waals surface area contributed by atoms with Crippen LogP contribution in [-0.4, -0.2) is 19.6 Å². The van der Waals surface area contributed by atoms with Crippen LogP contribution in [0, 0.1) is 18.3 Å². The van der Waals surface area contributed by atoms with Gasteiger partial charge in [-0.2, -0.15) is 5.26 Å². The average Bonchev–Trinajstić information content (AvgIpc) is 2.92. The van der Waals surface area contributed by atoms with Crippen LogP contribution in [0.1, 0.15) is 22.6 Å². The van der Waals surface area contributed by atoms with E-state index in [0.29, 0.717) is 28.5 Å². The van der Waals surface area contributed by atoms with Crippen molar-refractivity contribution in [3.8, 4) is 23.3 Å². The highest BCUT2D eigenvalue weighted by molar-refractivity contribution is 5.92. The molecule has 1 aliphatic rings. The number of allylic oxidation sites excluding steroid dienone is 1. The van der Waals surface area contributed by atoms with Gasteiger partial charge in [0.05, 0.1) is 13.0 Å². The summed E-state index contributed by atoms with van der Waals surface area (Å²) < 4.78 is 17.3. The number of nitrogens with two attached hydrogens (primary N) is 1. The van der Waals surface area contributed by atoms with Crippen molar-refractivity contribution < 1.29 is 19.0 Å². The second-order valence-electron chi connectivity index (χ2n) is 8.74. The second-order valence-corrected chi connectivity index (χ2v) is 8.74. The Kier molecular flexibility index (Phi) is 6.40. The molecule has 184 valence electrons. The molecule has 0 bridgehead atoms. The predicted octanol–water partition coefficient (Wildman–Crippen LogP) is 5.39. The van der Waals surface area contributed by atoms with E-state index >= 15 is 0 Å². The number of methoxy groups -OCH3 is 1. The van der Waals surface area contributed by atoms with E-state index in [1.54, 1.807) is 12.1 Å². The maximum atomic E-state index is 12.4. The minimum Gasteiger partial charge on any atom is -0.493 e. The van der Waals surface area contributed by atoms with Crippen molar-refractivity contribution in [3.05, 3.63) is 107 Å². The van der Waals surface area contributed by atoms with E-state index in [4.69, 9.17) is 19.9 Å². The Balaban J connectivity index is 1.43. The Morgan fingerprint density at radius 1 is 1.05 bits per heavy atom. The number of anilines is 1. The van der Waals surface area contributed by atoms with Crippen LogP contribution in [0.3, 0.4) is 0 Å². The van der Waals surface area contributed by atoms with Gasteiger partial charge in [0.15, 0.2) is 18.1 Å². The Hall–Kier alpha value is -4.96. The monoisotopic (exact) mass is 491 g/mol. The van der Waals surface area contributed by atoms with E-state index in [0.717, 1.165) is 27.5 Å². The molecule has 0 saturated carbocycles. The zero-order valence-corrected chi connectivity index (χ0v) is 20.4. The third-order valence-corrected chi connectivity index (χ3v) is 6.32. The number of amides is 1. The van der Waals surface area contributed by atoms with Crippen LogP contribution < -0.4 is 25.3 Å². The van der Waals surface area contributed by atoms with E-state index in [9.17, 15) is 10.1 Å². The van der Waals surface area contributed by atoms with Crippen molar-refractivity contribution >= 4 is 22.4 Å². The highest BCUT2D eigenvalue weighted by Crippen LogP contribution is 2.46. The molecular formula is C30H25N3O4. The zero-order valence-electron chi connectivity index (χ0n) is 20.4. The Morgan fingerprint density at radius 3 is 2.59 bits per heavy atom. The van der Waals surface area contributed by atoms with Gasteiger partial charge in [-0.05, 0) is 42.1 Å². The summed E-state index contributed by atoms with van der Waals surface area (Å²) in [5, 5.41) is 14.7. The number of carbonyl (C=O) groups excluding carboxylic acids is 1. The SMILES string of the molecule is COc1cc([C@@H]2C(C#N)=C(N)Oc3c2ccc2ccccc32)ccc1OCC(=O)Nc1ccc(C)cc1. The minimum atomic E-state index is -0.453. The lowest BCUT2D eigenvalue weighted by molar-refractivity contribution is -0.118. The number of carbonyl (C=O) groups is 1. The van der Waals surface area contributed by atoms with Gasteiger partial charge in [-0.25, -0.2) is 0 Å². The first-order valence-corrected chi connectivity index (χ1v) is 11.7. The molecule has 1 atom stereocenters. The van der Waals surface area contributed by atoms with Gasteiger partial charge in [0.2, 0.25) is 5.88 Å². The van der Waals surface area contributed by atoms with Crippen LogP contribution in [0.4, 0.5) is 5.69 Å². The number of hydrogen-bond donors (Lipinski definition) is 2. The summed E-state index contributed by atoms with van der Waals surface area (Å²) in [5.41, 5.74) is 9.94. The van der Waals surface area contributed by atoms with Gasteiger partial charge < -0.3 is 25.3 Å². The zero-order chi connectivity index (χ0) is 25.9. The van der Waals surface area contributed by atoms with Crippen molar-refractivity contribution in [2.45, 2.75) is 12.8 Å². The Labute approximate surface area is 214 Å². The summed E-state index contributed by atoms with van der Waals surface area (Å²) in [7, 11) is 1.53. The van der Waals surface area contributed by atoms with Crippen LogP contribution in [-0.2, 0) is 4.79 Å². The molecule has 0 unspecified atom stereocenters. The molecule has 5 rings (SSSR count). The molecule has 0 radical (unpaired) electrons. The van der Waals surface area contributed by atoms with E-state index in [1.807, 2.05) is 73.7 Å². The molecule has 37 heavy (non-hydrogen) atoms. The molecule has 0 fully saturated rings. The number of nitrogens with zero attached hydrogens (tertiary/aromatic N) is 1. The summed E-state index contributed by atoms with van der Waals surface area (Å²) in [5.74, 6) is 0.806. The van der Waals surface area contributed by atoms with Crippen molar-refractivity contribution in [3.63, 3.8) is 0 Å². The van der Waals surface area contributed by atoms with Gasteiger partial charge in [-0.3, -0.25) is 4.79 Å². The topological polar surface area (TPSA) is 107 Å². The molecule has 0 aliphatic carbocycles. The summed E-state index contributed by atoms with van der Waals surface area (Å²) in [6, 6.07) is 26.9. The lowest BCUT2D eigenvalue weighted by Crippen LogP contribution is -2.21. The number of rotatable bonds is 6. The summed E-state index contributed by atoms with van der Waals surface area (Å²) in [6.07, 6.45) is 0. The number of benzene rings is 4. The largest absolute Gasteiger partial charge is 0.493 e. The second kappa shape index (κ2) is 9.96. The number of fused-ring (bicyclic) bond motifs is 3. The van der Waals surface area contributed by atoms with Gasteiger partial charge in [0.25, 0.3) is 5.91 Å². The molecule has 4 aromatic rings. The standard InChI is InChI=1S/C30H25N3O4/c1-18-7-11-21(12-8-18)33-27(34)17-36-25-14-10-20(15-26(25)35-2)28-23-13-9-19-5-3-4-6-22(19)29(23)37-30(32)24(28)16-31/h3-15,28H,17,32H2,1-2H3,(H,33,34)/t28-/m0/s1. The first kappa shape index (κ1) is 23.8. The molecule has 0 aromatic heterocycles. The fourth-order valence-corrected chi connectivity index (χ4v) is 4.49. The van der Waals surface area contributed by atoms with Gasteiger partial charge in [0.1, 0.15) is 17.4 Å². The summed E-state index contributed by atoms with van der Waals surface area (Å²) >= 11 is 0. The minimum absolute atomic E-state index is 0.0726. The maximum absolute atomic E-state index is 12.4. The predicted molar refractivity (Wildman–Crippen MR) is 142 cm³/mol. The molecule has 1 aliphatic heterocycles. The van der Waals surface area contributed by atoms with Gasteiger partial charge in [-0.1, -0.05) is 60.2 Å². The van der Waals surface area contributed by atoms with Crippen LogP contribution >= 0.6 is 0 Å². The molecule has 1 heterocycles. The van der Waals surface area contributed by atoms with Crippen LogP contribution in [0.25, 0.3) is 10.8 Å². The number of nitriles is 1. The van der Waals surface area contributed by atoms with Crippen molar-refractivity contribution in [1.82, 2.24) is 0 Å². The molecule has 7 nitrogen and oxygen atoms in total. The highest BCUT2D eigenvalue weighted by atomic mass is 16.5. The molecule has 4 aromatic carbocycles. The summed E-state index contributed by atoms with van der Waals surface area (Å²) in [4.78, 5) is 12.4. The third-order valence-electron chi connectivity index (χ3n) is 6.32. The van der Waals surface area contributed by atoms with Gasteiger partial charge in [-0.15, -0.1) is 0 Å². The van der Waals surface area contributed by atoms with Crippen LogP contribution in [0.5, 0.6) is 17.2 Å². The number of ether oxygens (including phenoxy) is 3. The lowest BCUT2D eigenvalue weighted by Gasteiger charge is -2.28. The van der Waals surface area contributed by atoms with E-state index in [2.05, 4.69) is 11.4 Å². The fraction of sp³-hybridized carbons (Fsp3) is 0.133. The highest BCUT2D eigenvalue weighted by Gasteiger charge is 2.32. The third kappa shape index (κ3) is 4.65.